The Hall–Kier alpha value is -3.02. The molecule has 0 aliphatic rings. The summed E-state index contributed by atoms with van der Waals surface area (Å²) in [5, 5.41) is 10.4. The van der Waals surface area contributed by atoms with Crippen LogP contribution < -0.4 is 4.74 Å². The van der Waals surface area contributed by atoms with Crippen LogP contribution in [0.5, 0.6) is 5.75 Å². The summed E-state index contributed by atoms with van der Waals surface area (Å²) in [5.41, 5.74) is 3.08. The molecule has 0 amide bonds. The summed E-state index contributed by atoms with van der Waals surface area (Å²) >= 11 is 7.35. The van der Waals surface area contributed by atoms with Gasteiger partial charge in [-0.3, -0.25) is 0 Å². The molecule has 1 aromatic heterocycles. The normalized spacial score (nSPS) is 11.0. The molecule has 0 unspecified atom stereocenters. The van der Waals surface area contributed by atoms with Crippen LogP contribution in [0.2, 0.25) is 5.02 Å². The number of aliphatic imine (C=N–C) groups is 1. The van der Waals surface area contributed by atoms with Gasteiger partial charge in [-0.1, -0.05) is 65.4 Å². The van der Waals surface area contributed by atoms with Gasteiger partial charge in [-0.15, -0.1) is 10.2 Å². The third-order valence-corrected chi connectivity index (χ3v) is 5.09. The molecule has 4 rings (SSSR count). The summed E-state index contributed by atoms with van der Waals surface area (Å²) in [4.78, 5) is 4.42. The van der Waals surface area contributed by atoms with E-state index in [9.17, 15) is 0 Å². The van der Waals surface area contributed by atoms with Crippen molar-refractivity contribution in [3.05, 3.63) is 95.0 Å². The fourth-order valence-electron chi connectivity index (χ4n) is 2.50. The Bertz CT molecular complexity index is 1060. The second-order valence-electron chi connectivity index (χ2n) is 6.00. The molecular formula is C22H16ClN3OS. The van der Waals surface area contributed by atoms with Crippen molar-refractivity contribution in [3.8, 4) is 16.3 Å². The topological polar surface area (TPSA) is 47.4 Å². The van der Waals surface area contributed by atoms with Crippen molar-refractivity contribution >= 4 is 34.3 Å². The van der Waals surface area contributed by atoms with Crippen molar-refractivity contribution < 1.29 is 4.74 Å². The minimum absolute atomic E-state index is 0.548. The lowest BCUT2D eigenvalue weighted by molar-refractivity contribution is 0.306. The molecule has 0 fully saturated rings. The van der Waals surface area contributed by atoms with Gasteiger partial charge in [0.25, 0.3) is 0 Å². The van der Waals surface area contributed by atoms with Gasteiger partial charge >= 0.3 is 0 Å². The van der Waals surface area contributed by atoms with E-state index in [1.807, 2.05) is 78.9 Å². The number of halogens is 1. The Morgan fingerprint density at radius 1 is 0.893 bits per heavy atom. The summed E-state index contributed by atoms with van der Waals surface area (Å²) in [6.45, 7) is 0.548. The number of hydrogen-bond donors (Lipinski definition) is 0. The van der Waals surface area contributed by atoms with Crippen LogP contribution in [-0.4, -0.2) is 16.4 Å². The van der Waals surface area contributed by atoms with E-state index in [1.54, 1.807) is 6.21 Å². The average Bonchev–Trinajstić information content (AvgIpc) is 3.22. The Morgan fingerprint density at radius 3 is 2.39 bits per heavy atom. The molecule has 0 aliphatic heterocycles. The molecule has 0 N–H and O–H groups in total. The average molecular weight is 406 g/mol. The maximum absolute atomic E-state index is 5.92. The minimum Gasteiger partial charge on any atom is -0.489 e. The number of ether oxygens (including phenoxy) is 1. The van der Waals surface area contributed by atoms with Gasteiger partial charge in [0.2, 0.25) is 5.13 Å². The zero-order valence-corrected chi connectivity index (χ0v) is 16.4. The van der Waals surface area contributed by atoms with Gasteiger partial charge < -0.3 is 4.74 Å². The highest BCUT2D eigenvalue weighted by atomic mass is 35.5. The van der Waals surface area contributed by atoms with Crippen molar-refractivity contribution in [1.29, 1.82) is 0 Å². The van der Waals surface area contributed by atoms with E-state index in [2.05, 4.69) is 15.2 Å². The summed E-state index contributed by atoms with van der Waals surface area (Å²) in [6, 6.07) is 25.4. The molecule has 3 aromatic carbocycles. The molecule has 4 nitrogen and oxygen atoms in total. The van der Waals surface area contributed by atoms with Crippen LogP contribution in [0.15, 0.2) is 83.9 Å². The molecule has 138 valence electrons. The van der Waals surface area contributed by atoms with Crippen LogP contribution in [0.25, 0.3) is 10.6 Å². The van der Waals surface area contributed by atoms with Gasteiger partial charge in [-0.25, -0.2) is 4.99 Å². The molecule has 0 atom stereocenters. The van der Waals surface area contributed by atoms with Crippen LogP contribution in [0.1, 0.15) is 11.1 Å². The van der Waals surface area contributed by atoms with E-state index in [0.717, 1.165) is 27.4 Å². The first-order valence-electron chi connectivity index (χ1n) is 8.66. The third-order valence-electron chi connectivity index (χ3n) is 3.96. The summed E-state index contributed by atoms with van der Waals surface area (Å²) in [6.07, 6.45) is 1.77. The summed E-state index contributed by atoms with van der Waals surface area (Å²) in [7, 11) is 0. The van der Waals surface area contributed by atoms with E-state index in [0.29, 0.717) is 16.8 Å². The number of aromatic nitrogens is 2. The smallest absolute Gasteiger partial charge is 0.231 e. The minimum atomic E-state index is 0.548. The van der Waals surface area contributed by atoms with E-state index >= 15 is 0 Å². The second kappa shape index (κ2) is 8.78. The fraction of sp³-hybridized carbons (Fsp3) is 0.0455. The maximum Gasteiger partial charge on any atom is 0.231 e. The Morgan fingerprint density at radius 2 is 1.64 bits per heavy atom. The van der Waals surface area contributed by atoms with E-state index in [4.69, 9.17) is 16.3 Å². The van der Waals surface area contributed by atoms with Gasteiger partial charge in [-0.2, -0.15) is 0 Å². The highest BCUT2D eigenvalue weighted by molar-refractivity contribution is 7.18. The van der Waals surface area contributed by atoms with Gasteiger partial charge in [0.15, 0.2) is 0 Å². The fourth-order valence-corrected chi connectivity index (χ4v) is 3.32. The third kappa shape index (κ3) is 4.82. The van der Waals surface area contributed by atoms with Crippen LogP contribution in [-0.2, 0) is 6.61 Å². The molecule has 6 heteroatoms. The van der Waals surface area contributed by atoms with Crippen molar-refractivity contribution in [1.82, 2.24) is 10.2 Å². The summed E-state index contributed by atoms with van der Waals surface area (Å²) in [5.74, 6) is 0.821. The second-order valence-corrected chi connectivity index (χ2v) is 7.39. The molecule has 0 saturated carbocycles. The van der Waals surface area contributed by atoms with Crippen LogP contribution in [0, 0.1) is 0 Å². The van der Waals surface area contributed by atoms with Crippen LogP contribution >= 0.6 is 22.9 Å². The number of hydrogen-bond acceptors (Lipinski definition) is 5. The predicted molar refractivity (Wildman–Crippen MR) is 115 cm³/mol. The number of benzene rings is 3. The molecule has 0 saturated heterocycles. The number of nitrogens with zero attached hydrogens (tertiary/aromatic N) is 3. The maximum atomic E-state index is 5.92. The molecule has 1 heterocycles. The number of rotatable bonds is 6. The zero-order valence-electron chi connectivity index (χ0n) is 14.8. The molecular weight excluding hydrogens is 390 g/mol. The van der Waals surface area contributed by atoms with Gasteiger partial charge in [0.05, 0.1) is 0 Å². The van der Waals surface area contributed by atoms with E-state index in [1.165, 1.54) is 11.3 Å². The first-order chi connectivity index (χ1) is 13.8. The highest BCUT2D eigenvalue weighted by Crippen LogP contribution is 2.28. The standard InChI is InChI=1S/C22H16ClN3OS/c23-19-10-8-18(9-11-19)21-25-26-22(28-21)24-14-16-6-12-20(13-7-16)27-15-17-4-2-1-3-5-17/h1-14H,15H2/b24-14+. The Kier molecular flexibility index (Phi) is 5.75. The van der Waals surface area contributed by atoms with E-state index < -0.39 is 0 Å². The lowest BCUT2D eigenvalue weighted by Crippen LogP contribution is -1.94. The van der Waals surface area contributed by atoms with Crippen molar-refractivity contribution in [2.24, 2.45) is 4.99 Å². The van der Waals surface area contributed by atoms with Gasteiger partial charge in [0, 0.05) is 16.8 Å². The SMILES string of the molecule is Clc1ccc(-c2nnc(/N=C/c3ccc(OCc4ccccc4)cc3)s2)cc1. The molecule has 4 aromatic rings. The van der Waals surface area contributed by atoms with Crippen molar-refractivity contribution in [2.45, 2.75) is 6.61 Å². The first kappa shape index (κ1) is 18.3. The lowest BCUT2D eigenvalue weighted by atomic mass is 10.2. The molecule has 0 aliphatic carbocycles. The lowest BCUT2D eigenvalue weighted by Gasteiger charge is -2.06. The molecule has 28 heavy (non-hydrogen) atoms. The van der Waals surface area contributed by atoms with Crippen LogP contribution in [0.4, 0.5) is 5.13 Å². The predicted octanol–water partition coefficient (Wildman–Crippen LogP) is 6.19. The summed E-state index contributed by atoms with van der Waals surface area (Å²) < 4.78 is 5.80. The Labute approximate surface area is 172 Å². The monoisotopic (exact) mass is 405 g/mol. The van der Waals surface area contributed by atoms with E-state index in [-0.39, 0.29) is 0 Å². The van der Waals surface area contributed by atoms with Crippen molar-refractivity contribution in [2.75, 3.05) is 0 Å². The Balaban J connectivity index is 1.37. The largest absolute Gasteiger partial charge is 0.489 e. The zero-order chi connectivity index (χ0) is 19.2. The molecule has 0 spiro atoms. The first-order valence-corrected chi connectivity index (χ1v) is 9.86. The van der Waals surface area contributed by atoms with Crippen molar-refractivity contribution in [3.63, 3.8) is 0 Å². The highest BCUT2D eigenvalue weighted by Gasteiger charge is 2.05. The van der Waals surface area contributed by atoms with Gasteiger partial charge in [0.1, 0.15) is 17.4 Å². The molecule has 0 radical (unpaired) electrons. The molecule has 0 bridgehead atoms. The quantitative estimate of drug-likeness (QED) is 0.359. The van der Waals surface area contributed by atoms with Crippen LogP contribution in [0.3, 0.4) is 0 Å². The van der Waals surface area contributed by atoms with Gasteiger partial charge in [-0.05, 0) is 47.5 Å².